The topological polar surface area (TPSA) is 41.6 Å². The molecule has 0 aromatic heterocycles. The SMILES string of the molecule is CC(C)Cc1nc(Cl)c2nc(-c3ccccc3)cc-2[nH]1. The molecule has 102 valence electrons. The number of halogens is 1. The molecule has 0 saturated carbocycles. The zero-order valence-corrected chi connectivity index (χ0v) is 12.3. The van der Waals surface area contributed by atoms with Crippen LogP contribution in [0.2, 0.25) is 5.15 Å². The first-order chi connectivity index (χ1) is 9.63. The van der Waals surface area contributed by atoms with E-state index in [1.165, 1.54) is 0 Å². The fraction of sp³-hybridized carbons (Fsp3) is 0.250. The average Bonchev–Trinajstić information content (AvgIpc) is 2.83. The van der Waals surface area contributed by atoms with E-state index < -0.39 is 0 Å². The molecule has 1 aromatic carbocycles. The lowest BCUT2D eigenvalue weighted by molar-refractivity contribution is 0.621. The van der Waals surface area contributed by atoms with E-state index in [4.69, 9.17) is 11.6 Å². The lowest BCUT2D eigenvalue weighted by Crippen LogP contribution is -2.03. The van der Waals surface area contributed by atoms with Gasteiger partial charge in [-0.1, -0.05) is 55.8 Å². The van der Waals surface area contributed by atoms with Gasteiger partial charge in [0, 0.05) is 12.0 Å². The van der Waals surface area contributed by atoms with E-state index in [0.717, 1.165) is 34.9 Å². The summed E-state index contributed by atoms with van der Waals surface area (Å²) in [5, 5.41) is 0.469. The number of nitrogens with one attached hydrogen (secondary N) is 1. The van der Waals surface area contributed by atoms with Crippen molar-refractivity contribution in [3.8, 4) is 22.6 Å². The van der Waals surface area contributed by atoms with Crippen LogP contribution in [0.4, 0.5) is 0 Å². The molecule has 4 heteroatoms. The van der Waals surface area contributed by atoms with E-state index in [1.807, 2.05) is 36.4 Å². The smallest absolute Gasteiger partial charge is 0.158 e. The maximum Gasteiger partial charge on any atom is 0.158 e. The minimum atomic E-state index is 0.469. The summed E-state index contributed by atoms with van der Waals surface area (Å²) < 4.78 is 0. The summed E-state index contributed by atoms with van der Waals surface area (Å²) in [6.07, 6.45) is 0.876. The lowest BCUT2D eigenvalue weighted by Gasteiger charge is -2.07. The molecule has 0 radical (unpaired) electrons. The van der Waals surface area contributed by atoms with Crippen LogP contribution in [-0.2, 0) is 6.42 Å². The third-order valence-electron chi connectivity index (χ3n) is 3.15. The average molecular weight is 286 g/mol. The van der Waals surface area contributed by atoms with E-state index in [9.17, 15) is 0 Å². The molecule has 1 N–H and O–H groups in total. The molecule has 0 saturated heterocycles. The predicted octanol–water partition coefficient (Wildman–Crippen LogP) is 4.43. The van der Waals surface area contributed by atoms with Crippen molar-refractivity contribution in [3.05, 3.63) is 47.4 Å². The van der Waals surface area contributed by atoms with Crippen LogP contribution in [0.25, 0.3) is 22.6 Å². The number of hydrogen-bond donors (Lipinski definition) is 1. The minimum Gasteiger partial charge on any atom is -0.342 e. The monoisotopic (exact) mass is 285 g/mol. The van der Waals surface area contributed by atoms with Crippen molar-refractivity contribution in [2.75, 3.05) is 0 Å². The number of nitrogens with zero attached hydrogens (tertiary/aromatic N) is 2. The van der Waals surface area contributed by atoms with Crippen LogP contribution in [0.1, 0.15) is 19.7 Å². The molecule has 0 spiro atoms. The van der Waals surface area contributed by atoms with Gasteiger partial charge >= 0.3 is 0 Å². The third kappa shape index (κ3) is 2.54. The molecular weight excluding hydrogens is 270 g/mol. The fourth-order valence-corrected chi connectivity index (χ4v) is 2.51. The van der Waals surface area contributed by atoms with Gasteiger partial charge < -0.3 is 4.98 Å². The highest BCUT2D eigenvalue weighted by Gasteiger charge is 2.17. The molecule has 20 heavy (non-hydrogen) atoms. The molecule has 0 amide bonds. The van der Waals surface area contributed by atoms with Crippen LogP contribution < -0.4 is 0 Å². The number of aromatic amines is 1. The molecule has 3 nitrogen and oxygen atoms in total. The summed E-state index contributed by atoms with van der Waals surface area (Å²) in [5.74, 6) is 1.44. The van der Waals surface area contributed by atoms with Gasteiger partial charge in [0.1, 0.15) is 11.5 Å². The molecule has 0 fully saturated rings. The molecule has 2 aliphatic heterocycles. The van der Waals surface area contributed by atoms with E-state index in [2.05, 4.69) is 28.8 Å². The maximum atomic E-state index is 6.25. The van der Waals surface area contributed by atoms with Gasteiger partial charge in [0.25, 0.3) is 0 Å². The third-order valence-corrected chi connectivity index (χ3v) is 3.41. The Hall–Kier alpha value is -1.87. The van der Waals surface area contributed by atoms with E-state index in [0.29, 0.717) is 11.1 Å². The van der Waals surface area contributed by atoms with Crippen LogP contribution in [0, 0.1) is 5.92 Å². The molecule has 0 atom stereocenters. The van der Waals surface area contributed by atoms with E-state index >= 15 is 0 Å². The number of fused-ring (bicyclic) bond motifs is 1. The molecule has 0 bridgehead atoms. The Morgan fingerprint density at radius 2 is 1.90 bits per heavy atom. The van der Waals surface area contributed by atoms with Crippen molar-refractivity contribution < 1.29 is 0 Å². The number of benzene rings is 1. The Kier molecular flexibility index (Phi) is 3.45. The number of aromatic nitrogens is 3. The molecule has 3 rings (SSSR count). The summed E-state index contributed by atoms with van der Waals surface area (Å²) in [6, 6.07) is 12.1. The first kappa shape index (κ1) is 13.1. The van der Waals surface area contributed by atoms with Crippen molar-refractivity contribution in [2.45, 2.75) is 20.3 Å². The highest BCUT2D eigenvalue weighted by Crippen LogP contribution is 2.31. The quantitative estimate of drug-likeness (QED) is 0.723. The van der Waals surface area contributed by atoms with Gasteiger partial charge in [-0.2, -0.15) is 0 Å². The fourth-order valence-electron chi connectivity index (χ4n) is 2.27. The molecule has 2 aliphatic rings. The highest BCUT2D eigenvalue weighted by molar-refractivity contribution is 6.31. The molecule has 2 heterocycles. The summed E-state index contributed by atoms with van der Waals surface area (Å²) in [7, 11) is 0. The van der Waals surface area contributed by atoms with Crippen molar-refractivity contribution in [1.82, 2.24) is 15.0 Å². The predicted molar refractivity (Wildman–Crippen MR) is 82.0 cm³/mol. The summed E-state index contributed by atoms with van der Waals surface area (Å²) in [6.45, 7) is 4.32. The van der Waals surface area contributed by atoms with Crippen LogP contribution in [-0.4, -0.2) is 15.0 Å². The second-order valence-corrected chi connectivity index (χ2v) is 5.70. The van der Waals surface area contributed by atoms with Crippen molar-refractivity contribution in [3.63, 3.8) is 0 Å². The van der Waals surface area contributed by atoms with E-state index in [1.54, 1.807) is 0 Å². The normalized spacial score (nSPS) is 11.4. The second-order valence-electron chi connectivity index (χ2n) is 5.34. The highest BCUT2D eigenvalue weighted by atomic mass is 35.5. The first-order valence-corrected chi connectivity index (χ1v) is 7.12. The van der Waals surface area contributed by atoms with Gasteiger partial charge in [-0.15, -0.1) is 0 Å². The second kappa shape index (κ2) is 5.25. The largest absolute Gasteiger partial charge is 0.342 e. The van der Waals surface area contributed by atoms with Gasteiger partial charge in [-0.3, -0.25) is 0 Å². The van der Waals surface area contributed by atoms with Crippen LogP contribution in [0.5, 0.6) is 0 Å². The Morgan fingerprint density at radius 3 is 2.60 bits per heavy atom. The van der Waals surface area contributed by atoms with Crippen LogP contribution in [0.3, 0.4) is 0 Å². The van der Waals surface area contributed by atoms with Crippen LogP contribution in [0.15, 0.2) is 36.4 Å². The van der Waals surface area contributed by atoms with Crippen molar-refractivity contribution in [2.24, 2.45) is 5.92 Å². The Bertz CT molecular complexity index is 688. The van der Waals surface area contributed by atoms with Crippen molar-refractivity contribution >= 4 is 11.6 Å². The lowest BCUT2D eigenvalue weighted by atomic mass is 10.1. The number of hydrogen-bond acceptors (Lipinski definition) is 2. The van der Waals surface area contributed by atoms with Gasteiger partial charge in [-0.25, -0.2) is 9.97 Å². The zero-order chi connectivity index (χ0) is 14.1. The molecular formula is C16H16ClN3. The molecule has 0 aliphatic carbocycles. The van der Waals surface area contributed by atoms with Gasteiger partial charge in [0.05, 0.1) is 11.4 Å². The summed E-state index contributed by atoms with van der Waals surface area (Å²) in [4.78, 5) is 12.3. The Labute approximate surface area is 123 Å². The van der Waals surface area contributed by atoms with Gasteiger partial charge in [0.2, 0.25) is 0 Å². The number of H-pyrrole nitrogens is 1. The first-order valence-electron chi connectivity index (χ1n) is 6.74. The number of rotatable bonds is 3. The zero-order valence-electron chi connectivity index (χ0n) is 11.5. The summed E-state index contributed by atoms with van der Waals surface area (Å²) in [5.41, 5.74) is 3.68. The maximum absolute atomic E-state index is 6.25. The van der Waals surface area contributed by atoms with Gasteiger partial charge in [0.15, 0.2) is 5.15 Å². The van der Waals surface area contributed by atoms with Crippen LogP contribution >= 0.6 is 11.6 Å². The van der Waals surface area contributed by atoms with Gasteiger partial charge in [-0.05, 0) is 12.0 Å². The summed E-state index contributed by atoms with van der Waals surface area (Å²) >= 11 is 6.25. The Balaban J connectivity index is 2.07. The van der Waals surface area contributed by atoms with E-state index in [-0.39, 0.29) is 0 Å². The standard InChI is InChI=1S/C16H16ClN3/c1-10(2)8-14-18-13-9-12(11-6-4-3-5-7-11)19-15(13)16(17)20-14/h3-7,9-10H,8H2,1-2H3,(H,18,20). The minimum absolute atomic E-state index is 0.469. The Morgan fingerprint density at radius 1 is 1.15 bits per heavy atom. The molecule has 1 aromatic rings. The van der Waals surface area contributed by atoms with Crippen molar-refractivity contribution in [1.29, 1.82) is 0 Å². The molecule has 0 unspecified atom stereocenters.